The molecule has 0 spiro atoms. The summed E-state index contributed by atoms with van der Waals surface area (Å²) >= 11 is 1.80. The Kier molecular flexibility index (Phi) is 2.75. The van der Waals surface area contributed by atoms with Gasteiger partial charge in [-0.05, 0) is 35.6 Å². The van der Waals surface area contributed by atoms with E-state index in [2.05, 4.69) is 21.7 Å². The summed E-state index contributed by atoms with van der Waals surface area (Å²) in [6, 6.07) is 7.94. The van der Waals surface area contributed by atoms with Gasteiger partial charge in [-0.1, -0.05) is 6.07 Å². The number of para-hydroxylation sites is 1. The molecule has 0 amide bonds. The summed E-state index contributed by atoms with van der Waals surface area (Å²) in [4.78, 5) is 6.06. The highest BCUT2D eigenvalue weighted by atomic mass is 32.1. The number of hydrogen-bond acceptors (Lipinski definition) is 5. The van der Waals surface area contributed by atoms with Crippen molar-refractivity contribution in [2.24, 2.45) is 0 Å². The predicted molar refractivity (Wildman–Crippen MR) is 78.4 cm³/mol. The molecule has 1 aliphatic heterocycles. The lowest BCUT2D eigenvalue weighted by atomic mass is 10.0. The zero-order valence-electron chi connectivity index (χ0n) is 11.1. The van der Waals surface area contributed by atoms with Crippen LogP contribution in [0.15, 0.2) is 34.1 Å². The van der Waals surface area contributed by atoms with Crippen LogP contribution in [0.25, 0.3) is 11.1 Å². The smallest absolute Gasteiger partial charge is 0.217 e. The van der Waals surface area contributed by atoms with Gasteiger partial charge < -0.3 is 14.5 Å². The fourth-order valence-corrected chi connectivity index (χ4v) is 3.62. The number of methoxy groups -OCH3 is 1. The van der Waals surface area contributed by atoms with Crippen LogP contribution in [0.3, 0.4) is 0 Å². The van der Waals surface area contributed by atoms with E-state index in [0.29, 0.717) is 5.89 Å². The molecule has 102 valence electrons. The lowest BCUT2D eigenvalue weighted by Gasteiger charge is -2.21. The van der Waals surface area contributed by atoms with Crippen molar-refractivity contribution in [2.45, 2.75) is 12.5 Å². The van der Waals surface area contributed by atoms with Crippen LogP contribution in [0.4, 0.5) is 0 Å². The minimum atomic E-state index is 0.0436. The van der Waals surface area contributed by atoms with E-state index < -0.39 is 0 Å². The third kappa shape index (κ3) is 1.74. The topological polar surface area (TPSA) is 47.3 Å². The molecule has 0 saturated carbocycles. The van der Waals surface area contributed by atoms with E-state index in [1.54, 1.807) is 18.4 Å². The number of aromatic nitrogens is 1. The van der Waals surface area contributed by atoms with E-state index in [0.717, 1.165) is 29.8 Å². The van der Waals surface area contributed by atoms with Gasteiger partial charge in [-0.3, -0.25) is 0 Å². The Balaban J connectivity index is 1.84. The molecule has 3 heterocycles. The first kappa shape index (κ1) is 11.9. The fraction of sp³-hybridized carbons (Fsp3) is 0.267. The third-order valence-corrected chi connectivity index (χ3v) is 4.65. The Labute approximate surface area is 120 Å². The lowest BCUT2D eigenvalue weighted by molar-refractivity contribution is 0.419. The molecule has 1 N–H and O–H groups in total. The van der Waals surface area contributed by atoms with E-state index in [1.165, 1.54) is 10.4 Å². The molecule has 4 nitrogen and oxygen atoms in total. The van der Waals surface area contributed by atoms with Gasteiger partial charge in [0.05, 0.1) is 7.11 Å². The molecule has 5 heteroatoms. The maximum absolute atomic E-state index is 5.93. The number of hydrogen-bond donors (Lipinski definition) is 1. The number of benzene rings is 1. The van der Waals surface area contributed by atoms with Gasteiger partial charge in [0.1, 0.15) is 11.8 Å². The Bertz CT molecular complexity index is 762. The first-order valence-corrected chi connectivity index (χ1v) is 7.48. The van der Waals surface area contributed by atoms with Crippen molar-refractivity contribution in [1.29, 1.82) is 0 Å². The van der Waals surface area contributed by atoms with E-state index in [4.69, 9.17) is 9.15 Å². The van der Waals surface area contributed by atoms with Crippen LogP contribution < -0.4 is 10.1 Å². The first-order chi connectivity index (χ1) is 9.86. The summed E-state index contributed by atoms with van der Waals surface area (Å²) in [5, 5.41) is 5.62. The number of rotatable bonds is 2. The number of oxazole rings is 1. The molecular formula is C15H14N2O2S. The van der Waals surface area contributed by atoms with Crippen LogP contribution in [0, 0.1) is 0 Å². The minimum absolute atomic E-state index is 0.0436. The van der Waals surface area contributed by atoms with Crippen LogP contribution in [0.1, 0.15) is 22.4 Å². The van der Waals surface area contributed by atoms with Gasteiger partial charge >= 0.3 is 0 Å². The Morgan fingerprint density at radius 3 is 3.25 bits per heavy atom. The third-order valence-electron chi connectivity index (χ3n) is 3.66. The average molecular weight is 286 g/mol. The first-order valence-electron chi connectivity index (χ1n) is 6.60. The second-order valence-electron chi connectivity index (χ2n) is 4.80. The summed E-state index contributed by atoms with van der Waals surface area (Å²) in [5.41, 5.74) is 2.84. The Morgan fingerprint density at radius 2 is 2.35 bits per heavy atom. The monoisotopic (exact) mass is 286 g/mol. The molecule has 1 aromatic carbocycles. The second kappa shape index (κ2) is 4.61. The summed E-state index contributed by atoms with van der Waals surface area (Å²) in [6.07, 6.45) is 1.08. The Morgan fingerprint density at radius 1 is 1.40 bits per heavy atom. The molecule has 0 saturated heterocycles. The lowest BCUT2D eigenvalue weighted by Crippen LogP contribution is -2.29. The molecule has 2 aromatic heterocycles. The normalized spacial score (nSPS) is 18.1. The zero-order valence-corrected chi connectivity index (χ0v) is 11.9. The van der Waals surface area contributed by atoms with E-state index in [9.17, 15) is 0 Å². The van der Waals surface area contributed by atoms with E-state index in [1.807, 2.05) is 18.2 Å². The van der Waals surface area contributed by atoms with Crippen molar-refractivity contribution in [2.75, 3.05) is 13.7 Å². The molecular weight excluding hydrogens is 272 g/mol. The van der Waals surface area contributed by atoms with Crippen molar-refractivity contribution >= 4 is 22.4 Å². The van der Waals surface area contributed by atoms with Gasteiger partial charge in [-0.25, -0.2) is 4.98 Å². The van der Waals surface area contributed by atoms with E-state index >= 15 is 0 Å². The van der Waals surface area contributed by atoms with Crippen molar-refractivity contribution in [3.05, 3.63) is 46.0 Å². The number of nitrogens with zero attached hydrogens (tertiary/aromatic N) is 1. The molecule has 0 bridgehead atoms. The van der Waals surface area contributed by atoms with Gasteiger partial charge in [-0.2, -0.15) is 0 Å². The van der Waals surface area contributed by atoms with Gasteiger partial charge in [0.2, 0.25) is 5.89 Å². The molecule has 0 radical (unpaired) electrons. The highest BCUT2D eigenvalue weighted by molar-refractivity contribution is 7.10. The standard InChI is InChI=1S/C15H14N2O2S/c1-18-10-3-2-4-11-14(10)17-15(19-11)13-9-6-8-20-12(9)5-7-16-13/h2-4,6,8,13,16H,5,7H2,1H3. The van der Waals surface area contributed by atoms with Crippen molar-refractivity contribution < 1.29 is 9.15 Å². The molecule has 0 fully saturated rings. The SMILES string of the molecule is COc1cccc2oc(C3NCCc4sccc43)nc12. The molecule has 1 unspecified atom stereocenters. The molecule has 1 atom stereocenters. The highest BCUT2D eigenvalue weighted by Crippen LogP contribution is 2.34. The summed E-state index contributed by atoms with van der Waals surface area (Å²) in [5.74, 6) is 1.46. The van der Waals surface area contributed by atoms with Gasteiger partial charge in [0, 0.05) is 11.4 Å². The van der Waals surface area contributed by atoms with E-state index in [-0.39, 0.29) is 6.04 Å². The minimum Gasteiger partial charge on any atom is -0.494 e. The average Bonchev–Trinajstić information content (AvgIpc) is 3.12. The van der Waals surface area contributed by atoms with Gasteiger partial charge in [-0.15, -0.1) is 11.3 Å². The highest BCUT2D eigenvalue weighted by Gasteiger charge is 2.27. The van der Waals surface area contributed by atoms with Crippen molar-refractivity contribution in [3.8, 4) is 5.75 Å². The number of thiophene rings is 1. The summed E-state index contributed by atoms with van der Waals surface area (Å²) in [7, 11) is 1.65. The molecule has 4 rings (SSSR count). The molecule has 20 heavy (non-hydrogen) atoms. The zero-order chi connectivity index (χ0) is 13.5. The fourth-order valence-electron chi connectivity index (χ4n) is 2.70. The predicted octanol–water partition coefficient (Wildman–Crippen LogP) is 3.13. The van der Waals surface area contributed by atoms with Crippen LogP contribution in [-0.2, 0) is 6.42 Å². The number of fused-ring (bicyclic) bond motifs is 2. The number of ether oxygens (including phenoxy) is 1. The van der Waals surface area contributed by atoms with Gasteiger partial charge in [0.15, 0.2) is 11.1 Å². The van der Waals surface area contributed by atoms with Gasteiger partial charge in [0.25, 0.3) is 0 Å². The van der Waals surface area contributed by atoms with Crippen molar-refractivity contribution in [1.82, 2.24) is 10.3 Å². The molecule has 3 aromatic rings. The Hall–Kier alpha value is -1.85. The quantitative estimate of drug-likeness (QED) is 0.786. The maximum Gasteiger partial charge on any atom is 0.217 e. The maximum atomic E-state index is 5.93. The van der Waals surface area contributed by atoms with Crippen molar-refractivity contribution in [3.63, 3.8) is 0 Å². The second-order valence-corrected chi connectivity index (χ2v) is 5.80. The molecule has 0 aliphatic carbocycles. The largest absolute Gasteiger partial charge is 0.494 e. The van der Waals surface area contributed by atoms with Crippen LogP contribution in [0.5, 0.6) is 5.75 Å². The summed E-state index contributed by atoms with van der Waals surface area (Å²) < 4.78 is 11.3. The van der Waals surface area contributed by atoms with Crippen LogP contribution in [-0.4, -0.2) is 18.6 Å². The van der Waals surface area contributed by atoms with Crippen LogP contribution in [0.2, 0.25) is 0 Å². The molecule has 1 aliphatic rings. The number of nitrogens with one attached hydrogen (secondary N) is 1. The summed E-state index contributed by atoms with van der Waals surface area (Å²) in [6.45, 7) is 0.952. The van der Waals surface area contributed by atoms with Crippen LogP contribution >= 0.6 is 11.3 Å².